The van der Waals surface area contributed by atoms with Crippen molar-refractivity contribution in [2.75, 3.05) is 14.2 Å². The van der Waals surface area contributed by atoms with Crippen molar-refractivity contribution < 1.29 is 14.3 Å². The lowest BCUT2D eigenvalue weighted by molar-refractivity contribution is -0.139. The Hall–Kier alpha value is -2.02. The van der Waals surface area contributed by atoms with E-state index in [1.807, 2.05) is 0 Å². The van der Waals surface area contributed by atoms with E-state index < -0.39 is 0 Å². The van der Waals surface area contributed by atoms with Crippen LogP contribution in [0.3, 0.4) is 0 Å². The molecule has 0 saturated carbocycles. The molecule has 0 bridgehead atoms. The molecule has 0 atom stereocenters. The van der Waals surface area contributed by atoms with Gasteiger partial charge in [-0.1, -0.05) is 0 Å². The lowest BCUT2D eigenvalue weighted by atomic mass is 10.3. The lowest BCUT2D eigenvalue weighted by Crippen LogP contribution is -2.04. The van der Waals surface area contributed by atoms with Crippen LogP contribution in [0.1, 0.15) is 5.69 Å². The second-order valence-corrected chi connectivity index (χ2v) is 4.22. The minimum absolute atomic E-state index is 0.163. The summed E-state index contributed by atoms with van der Waals surface area (Å²) in [6, 6.07) is 3.48. The zero-order valence-corrected chi connectivity index (χ0v) is 10.7. The normalized spacial score (nSPS) is 10.1. The van der Waals surface area contributed by atoms with Gasteiger partial charge in [0.1, 0.15) is 10.7 Å². The molecule has 94 valence electrons. The first-order valence-corrected chi connectivity index (χ1v) is 6.00. The van der Waals surface area contributed by atoms with Gasteiger partial charge in [0.05, 0.1) is 26.3 Å². The number of hydrogen-bond acceptors (Lipinski definition) is 7. The van der Waals surface area contributed by atoms with Gasteiger partial charge in [-0.25, -0.2) is 4.98 Å². The van der Waals surface area contributed by atoms with Crippen molar-refractivity contribution >= 4 is 17.3 Å². The molecular formula is C11H11N3O3S. The number of rotatable bonds is 4. The van der Waals surface area contributed by atoms with Gasteiger partial charge in [-0.15, -0.1) is 21.5 Å². The van der Waals surface area contributed by atoms with Crippen LogP contribution in [0.2, 0.25) is 0 Å². The summed E-state index contributed by atoms with van der Waals surface area (Å²) in [5.74, 6) is 0.137. The van der Waals surface area contributed by atoms with Crippen LogP contribution in [0.4, 0.5) is 0 Å². The standard InChI is InChI=1S/C11H11N3O3S/c1-16-9-4-3-8(13-14-9)11-12-7(6-18-11)5-10(15)17-2/h3-4,6H,5H2,1-2H3. The summed E-state index contributed by atoms with van der Waals surface area (Å²) in [5, 5.41) is 10.4. The van der Waals surface area contributed by atoms with Crippen molar-refractivity contribution in [3.8, 4) is 16.6 Å². The maximum Gasteiger partial charge on any atom is 0.311 e. The highest BCUT2D eigenvalue weighted by atomic mass is 32.1. The summed E-state index contributed by atoms with van der Waals surface area (Å²) < 4.78 is 9.51. The first-order chi connectivity index (χ1) is 8.72. The van der Waals surface area contributed by atoms with Crippen molar-refractivity contribution in [1.29, 1.82) is 0 Å². The third kappa shape index (κ3) is 2.80. The van der Waals surface area contributed by atoms with Gasteiger partial charge in [0.15, 0.2) is 0 Å². The number of esters is 1. The van der Waals surface area contributed by atoms with Gasteiger partial charge in [-0.2, -0.15) is 0 Å². The summed E-state index contributed by atoms with van der Waals surface area (Å²) in [7, 11) is 2.88. The Labute approximate surface area is 108 Å². The van der Waals surface area contributed by atoms with Crippen molar-refractivity contribution in [3.05, 3.63) is 23.2 Å². The fourth-order valence-electron chi connectivity index (χ4n) is 1.27. The van der Waals surface area contributed by atoms with E-state index >= 15 is 0 Å². The van der Waals surface area contributed by atoms with Crippen LogP contribution >= 0.6 is 11.3 Å². The van der Waals surface area contributed by atoms with Crippen LogP contribution in [0.15, 0.2) is 17.5 Å². The number of methoxy groups -OCH3 is 2. The summed E-state index contributed by atoms with van der Waals surface area (Å²) >= 11 is 1.41. The minimum Gasteiger partial charge on any atom is -0.480 e. The van der Waals surface area contributed by atoms with Gasteiger partial charge >= 0.3 is 5.97 Å². The van der Waals surface area contributed by atoms with Crippen LogP contribution in [-0.4, -0.2) is 35.4 Å². The average molecular weight is 265 g/mol. The molecule has 0 saturated heterocycles. The monoisotopic (exact) mass is 265 g/mol. The first-order valence-electron chi connectivity index (χ1n) is 5.12. The Morgan fingerprint density at radius 2 is 2.17 bits per heavy atom. The van der Waals surface area contributed by atoms with Gasteiger partial charge in [0, 0.05) is 11.4 Å². The Kier molecular flexibility index (Phi) is 3.83. The molecule has 0 fully saturated rings. The number of hydrogen-bond donors (Lipinski definition) is 0. The SMILES string of the molecule is COC(=O)Cc1csc(-c2ccc(OC)nn2)n1. The highest BCUT2D eigenvalue weighted by Crippen LogP contribution is 2.22. The number of aromatic nitrogens is 3. The molecule has 0 radical (unpaired) electrons. The highest BCUT2D eigenvalue weighted by Gasteiger charge is 2.10. The largest absolute Gasteiger partial charge is 0.480 e. The van der Waals surface area contributed by atoms with Gasteiger partial charge in [-0.05, 0) is 6.07 Å². The topological polar surface area (TPSA) is 74.2 Å². The van der Waals surface area contributed by atoms with Crippen LogP contribution < -0.4 is 4.74 Å². The van der Waals surface area contributed by atoms with E-state index in [9.17, 15) is 4.79 Å². The molecule has 18 heavy (non-hydrogen) atoms. The Morgan fingerprint density at radius 3 is 2.78 bits per heavy atom. The number of nitrogens with zero attached hydrogens (tertiary/aromatic N) is 3. The number of carbonyl (C=O) groups excluding carboxylic acids is 1. The molecule has 2 heterocycles. The number of carbonyl (C=O) groups is 1. The molecule has 0 aliphatic carbocycles. The molecule has 2 aromatic rings. The molecule has 0 spiro atoms. The molecule has 2 rings (SSSR count). The Balaban J connectivity index is 2.15. The highest BCUT2D eigenvalue weighted by molar-refractivity contribution is 7.13. The van der Waals surface area contributed by atoms with Gasteiger partial charge < -0.3 is 9.47 Å². The third-order valence-corrected chi connectivity index (χ3v) is 3.09. The summed E-state index contributed by atoms with van der Waals surface area (Å²) in [6.45, 7) is 0. The molecule has 6 nitrogen and oxygen atoms in total. The van der Waals surface area contributed by atoms with Crippen molar-refractivity contribution in [2.24, 2.45) is 0 Å². The smallest absolute Gasteiger partial charge is 0.311 e. The maximum absolute atomic E-state index is 11.1. The molecule has 2 aromatic heterocycles. The fourth-order valence-corrected chi connectivity index (χ4v) is 2.05. The van der Waals surface area contributed by atoms with E-state index in [2.05, 4.69) is 19.9 Å². The van der Waals surface area contributed by atoms with Crippen LogP contribution in [0.5, 0.6) is 5.88 Å². The van der Waals surface area contributed by atoms with E-state index in [1.54, 1.807) is 17.5 Å². The summed E-state index contributed by atoms with van der Waals surface area (Å²) in [6.07, 6.45) is 0.163. The van der Waals surface area contributed by atoms with E-state index in [0.717, 1.165) is 0 Å². The lowest BCUT2D eigenvalue weighted by Gasteiger charge is -1.97. The third-order valence-electron chi connectivity index (χ3n) is 2.17. The molecular weight excluding hydrogens is 254 g/mol. The maximum atomic E-state index is 11.1. The van der Waals surface area contributed by atoms with Gasteiger partial charge in [0.25, 0.3) is 0 Å². The molecule has 0 aromatic carbocycles. The fraction of sp³-hybridized carbons (Fsp3) is 0.273. The molecule has 0 amide bonds. The van der Waals surface area contributed by atoms with Crippen molar-refractivity contribution in [2.45, 2.75) is 6.42 Å². The van der Waals surface area contributed by atoms with Crippen molar-refractivity contribution in [3.63, 3.8) is 0 Å². The van der Waals surface area contributed by atoms with E-state index in [-0.39, 0.29) is 12.4 Å². The number of thiazole rings is 1. The van der Waals surface area contributed by atoms with Crippen LogP contribution in [0.25, 0.3) is 10.7 Å². The van der Waals surface area contributed by atoms with Crippen molar-refractivity contribution in [1.82, 2.24) is 15.2 Å². The molecule has 0 unspecified atom stereocenters. The molecule has 0 N–H and O–H groups in total. The zero-order chi connectivity index (χ0) is 13.0. The molecule has 7 heteroatoms. The van der Waals surface area contributed by atoms with E-state index in [0.29, 0.717) is 22.3 Å². The number of ether oxygens (including phenoxy) is 2. The molecule has 0 aliphatic rings. The average Bonchev–Trinajstić information content (AvgIpc) is 2.87. The van der Waals surface area contributed by atoms with Gasteiger partial charge in [0.2, 0.25) is 5.88 Å². The van der Waals surface area contributed by atoms with Crippen LogP contribution in [0, 0.1) is 0 Å². The second-order valence-electron chi connectivity index (χ2n) is 3.36. The molecule has 0 aliphatic heterocycles. The Morgan fingerprint density at radius 1 is 1.33 bits per heavy atom. The Bertz CT molecular complexity index is 539. The predicted octanol–water partition coefficient (Wildman–Crippen LogP) is 1.32. The zero-order valence-electron chi connectivity index (χ0n) is 9.91. The second kappa shape index (κ2) is 5.54. The van der Waals surface area contributed by atoms with Gasteiger partial charge in [-0.3, -0.25) is 4.79 Å². The van der Waals surface area contributed by atoms with E-state index in [4.69, 9.17) is 4.74 Å². The summed E-state index contributed by atoms with van der Waals surface area (Å²) in [5.41, 5.74) is 1.32. The predicted molar refractivity (Wildman–Crippen MR) is 65.4 cm³/mol. The first kappa shape index (κ1) is 12.4. The summed E-state index contributed by atoms with van der Waals surface area (Å²) in [4.78, 5) is 15.4. The quantitative estimate of drug-likeness (QED) is 0.776. The minimum atomic E-state index is -0.312. The van der Waals surface area contributed by atoms with Crippen LogP contribution in [-0.2, 0) is 16.0 Å². The van der Waals surface area contributed by atoms with E-state index in [1.165, 1.54) is 25.6 Å².